The van der Waals surface area contributed by atoms with E-state index in [4.69, 9.17) is 10.2 Å². The second-order valence-corrected chi connectivity index (χ2v) is 5.09. The molecule has 0 amide bonds. The van der Waals surface area contributed by atoms with Crippen LogP contribution in [0.2, 0.25) is 0 Å². The van der Waals surface area contributed by atoms with Crippen LogP contribution < -0.4 is 0 Å². The van der Waals surface area contributed by atoms with Crippen LogP contribution in [0.25, 0.3) is 6.08 Å². The quantitative estimate of drug-likeness (QED) is 0.612. The summed E-state index contributed by atoms with van der Waals surface area (Å²) in [7, 11) is 0. The summed E-state index contributed by atoms with van der Waals surface area (Å²) in [5.41, 5.74) is 1.64. The number of halogens is 1. The third-order valence-electron chi connectivity index (χ3n) is 2.54. The minimum Gasteiger partial charge on any atom is -0.481 e. The maximum Gasteiger partial charge on any atom is 0.328 e. The van der Waals surface area contributed by atoms with Gasteiger partial charge in [0.15, 0.2) is 0 Å². The SMILES string of the molecule is CC(=O)C(Br)c1ccc(CC(=O)O)cc1C=CC(=O)O. The van der Waals surface area contributed by atoms with Gasteiger partial charge >= 0.3 is 11.9 Å². The number of carboxylic acid groups (broad SMARTS) is 2. The first-order chi connectivity index (χ1) is 9.31. The number of Topliss-reactive ketones (excluding diaryl/α,β-unsaturated/α-hetero) is 1. The second kappa shape index (κ2) is 7.00. The molecule has 0 heterocycles. The number of hydrogen-bond donors (Lipinski definition) is 2. The highest BCUT2D eigenvalue weighted by Crippen LogP contribution is 2.28. The molecule has 5 nitrogen and oxygen atoms in total. The van der Waals surface area contributed by atoms with Gasteiger partial charge in [0.25, 0.3) is 0 Å². The fraction of sp³-hybridized carbons (Fsp3) is 0.214. The standard InChI is InChI=1S/C14H13BrO5/c1-8(16)14(15)11-4-2-9(7-13(19)20)6-10(11)3-5-12(17)18/h2-6,14H,7H2,1H3,(H,17,18)(H,19,20). The van der Waals surface area contributed by atoms with Crippen LogP contribution in [0.4, 0.5) is 0 Å². The Morgan fingerprint density at radius 1 is 1.30 bits per heavy atom. The van der Waals surface area contributed by atoms with Crippen molar-refractivity contribution in [1.29, 1.82) is 0 Å². The summed E-state index contributed by atoms with van der Waals surface area (Å²) in [6, 6.07) is 4.81. The summed E-state index contributed by atoms with van der Waals surface area (Å²) in [5, 5.41) is 17.4. The predicted molar refractivity (Wildman–Crippen MR) is 76.8 cm³/mol. The van der Waals surface area contributed by atoms with Crippen molar-refractivity contribution in [1.82, 2.24) is 0 Å². The van der Waals surface area contributed by atoms with E-state index in [1.165, 1.54) is 13.0 Å². The van der Waals surface area contributed by atoms with E-state index in [2.05, 4.69) is 15.9 Å². The Kier molecular flexibility index (Phi) is 5.64. The van der Waals surface area contributed by atoms with E-state index < -0.39 is 16.8 Å². The van der Waals surface area contributed by atoms with Crippen LogP contribution >= 0.6 is 15.9 Å². The van der Waals surface area contributed by atoms with Crippen molar-refractivity contribution in [3.05, 3.63) is 41.0 Å². The predicted octanol–water partition coefficient (Wildman–Crippen LogP) is 2.44. The van der Waals surface area contributed by atoms with Gasteiger partial charge in [-0.2, -0.15) is 0 Å². The fourth-order valence-electron chi connectivity index (χ4n) is 1.66. The highest BCUT2D eigenvalue weighted by molar-refractivity contribution is 9.09. The molecule has 0 aromatic heterocycles. The average Bonchev–Trinajstić information content (AvgIpc) is 2.34. The summed E-state index contributed by atoms with van der Waals surface area (Å²) in [4.78, 5) is 32.1. The Bertz CT molecular complexity index is 577. The lowest BCUT2D eigenvalue weighted by Gasteiger charge is -2.12. The number of ketones is 1. The van der Waals surface area contributed by atoms with E-state index in [1.807, 2.05) is 0 Å². The normalized spacial score (nSPS) is 12.3. The number of carboxylic acids is 2. The highest BCUT2D eigenvalue weighted by Gasteiger charge is 2.16. The van der Waals surface area contributed by atoms with Crippen molar-refractivity contribution in [2.45, 2.75) is 18.2 Å². The van der Waals surface area contributed by atoms with E-state index in [-0.39, 0.29) is 12.2 Å². The van der Waals surface area contributed by atoms with Crippen LogP contribution in [0.1, 0.15) is 28.4 Å². The molecule has 0 aliphatic rings. The molecular formula is C14H13BrO5. The molecule has 0 aliphatic heterocycles. The molecule has 0 saturated carbocycles. The van der Waals surface area contributed by atoms with Crippen molar-refractivity contribution >= 4 is 39.7 Å². The largest absolute Gasteiger partial charge is 0.481 e. The molecule has 0 aliphatic carbocycles. The molecular weight excluding hydrogens is 328 g/mol. The topological polar surface area (TPSA) is 91.7 Å². The molecule has 1 unspecified atom stereocenters. The minimum absolute atomic E-state index is 0.124. The Balaban J connectivity index is 3.25. The fourth-order valence-corrected chi connectivity index (χ4v) is 2.08. The summed E-state index contributed by atoms with van der Waals surface area (Å²) in [6.07, 6.45) is 2.13. The zero-order chi connectivity index (χ0) is 15.3. The van der Waals surface area contributed by atoms with Gasteiger partial charge in [-0.1, -0.05) is 34.1 Å². The van der Waals surface area contributed by atoms with Crippen molar-refractivity contribution < 1.29 is 24.6 Å². The summed E-state index contributed by atoms with van der Waals surface area (Å²) >= 11 is 3.24. The molecule has 0 bridgehead atoms. The zero-order valence-corrected chi connectivity index (χ0v) is 12.3. The number of carbonyl (C=O) groups is 3. The molecule has 2 N–H and O–H groups in total. The molecule has 1 aromatic carbocycles. The van der Waals surface area contributed by atoms with Crippen molar-refractivity contribution in [3.8, 4) is 0 Å². The molecule has 1 rings (SSSR count). The van der Waals surface area contributed by atoms with Gasteiger partial charge in [0.05, 0.1) is 11.2 Å². The molecule has 106 valence electrons. The Morgan fingerprint density at radius 2 is 1.95 bits per heavy atom. The molecule has 1 aromatic rings. The summed E-state index contributed by atoms with van der Waals surface area (Å²) < 4.78 is 0. The zero-order valence-electron chi connectivity index (χ0n) is 10.7. The molecule has 1 atom stereocenters. The molecule has 0 saturated heterocycles. The highest BCUT2D eigenvalue weighted by atomic mass is 79.9. The average molecular weight is 341 g/mol. The van der Waals surface area contributed by atoms with Crippen LogP contribution in [0, 0.1) is 0 Å². The van der Waals surface area contributed by atoms with Crippen LogP contribution in [0.15, 0.2) is 24.3 Å². The lowest BCUT2D eigenvalue weighted by Crippen LogP contribution is -2.05. The molecule has 0 fully saturated rings. The van der Waals surface area contributed by atoms with Gasteiger partial charge in [-0.15, -0.1) is 0 Å². The summed E-state index contributed by atoms with van der Waals surface area (Å²) in [5.74, 6) is -2.22. The van der Waals surface area contributed by atoms with E-state index >= 15 is 0 Å². The van der Waals surface area contributed by atoms with Gasteiger partial charge in [0, 0.05) is 6.08 Å². The van der Waals surface area contributed by atoms with Crippen LogP contribution in [0.5, 0.6) is 0 Å². The number of carbonyl (C=O) groups excluding carboxylic acids is 1. The van der Waals surface area contributed by atoms with Crippen LogP contribution in [-0.4, -0.2) is 27.9 Å². The van der Waals surface area contributed by atoms with Crippen molar-refractivity contribution in [2.24, 2.45) is 0 Å². The number of hydrogen-bond acceptors (Lipinski definition) is 3. The monoisotopic (exact) mass is 340 g/mol. The third kappa shape index (κ3) is 4.62. The van der Waals surface area contributed by atoms with Crippen molar-refractivity contribution in [2.75, 3.05) is 0 Å². The van der Waals surface area contributed by atoms with Crippen molar-refractivity contribution in [3.63, 3.8) is 0 Å². The lowest BCUT2D eigenvalue weighted by atomic mass is 9.98. The number of alkyl halides is 1. The summed E-state index contributed by atoms with van der Waals surface area (Å²) in [6.45, 7) is 1.41. The first-order valence-corrected chi connectivity index (χ1v) is 6.63. The molecule has 6 heteroatoms. The maximum absolute atomic E-state index is 11.4. The molecule has 0 spiro atoms. The van der Waals surface area contributed by atoms with E-state index in [0.29, 0.717) is 16.7 Å². The maximum atomic E-state index is 11.4. The number of aliphatic carboxylic acids is 2. The Labute approximate surface area is 124 Å². The molecule has 20 heavy (non-hydrogen) atoms. The number of benzene rings is 1. The first kappa shape index (κ1) is 16.1. The smallest absolute Gasteiger partial charge is 0.328 e. The van der Waals surface area contributed by atoms with Gasteiger partial charge < -0.3 is 10.2 Å². The van der Waals surface area contributed by atoms with Gasteiger partial charge in [-0.3, -0.25) is 9.59 Å². The lowest BCUT2D eigenvalue weighted by molar-refractivity contribution is -0.136. The van der Waals surface area contributed by atoms with Gasteiger partial charge in [-0.05, 0) is 29.7 Å². The van der Waals surface area contributed by atoms with E-state index in [1.54, 1.807) is 18.2 Å². The van der Waals surface area contributed by atoms with Gasteiger partial charge in [0.2, 0.25) is 0 Å². The van der Waals surface area contributed by atoms with E-state index in [0.717, 1.165) is 6.08 Å². The van der Waals surface area contributed by atoms with Gasteiger partial charge in [-0.25, -0.2) is 4.79 Å². The second-order valence-electron chi connectivity index (χ2n) is 4.18. The minimum atomic E-state index is -1.12. The Morgan fingerprint density at radius 3 is 2.45 bits per heavy atom. The van der Waals surface area contributed by atoms with Crippen LogP contribution in [-0.2, 0) is 20.8 Å². The number of rotatable bonds is 6. The third-order valence-corrected chi connectivity index (χ3v) is 3.68. The van der Waals surface area contributed by atoms with Gasteiger partial charge in [0.1, 0.15) is 5.78 Å². The Hall–Kier alpha value is -1.95. The first-order valence-electron chi connectivity index (χ1n) is 5.71. The molecule has 0 radical (unpaired) electrons. The van der Waals surface area contributed by atoms with E-state index in [9.17, 15) is 14.4 Å². The van der Waals surface area contributed by atoms with Crippen LogP contribution in [0.3, 0.4) is 0 Å².